The number of carbonyl (C=O) groups is 1. The number of furan rings is 1. The molecule has 5 heteroatoms. The summed E-state index contributed by atoms with van der Waals surface area (Å²) in [5.41, 5.74) is 2.66. The lowest BCUT2D eigenvalue weighted by atomic mass is 10.00. The second-order valence-corrected chi connectivity index (χ2v) is 7.21. The van der Waals surface area contributed by atoms with Gasteiger partial charge in [-0.05, 0) is 24.3 Å². The summed E-state index contributed by atoms with van der Waals surface area (Å²) in [7, 11) is 1.61. The smallest absolute Gasteiger partial charge is 0.287 e. The Labute approximate surface area is 181 Å². The number of nitrogens with one attached hydrogen (secondary N) is 1. The summed E-state index contributed by atoms with van der Waals surface area (Å²) in [5, 5.41) is 5.08. The molecule has 0 bridgehead atoms. The molecule has 0 unspecified atom stereocenters. The largest absolute Gasteiger partial charge is 0.497 e. The van der Waals surface area contributed by atoms with Gasteiger partial charge >= 0.3 is 0 Å². The molecular weight excluding hydrogens is 388 g/mol. The molecule has 1 aromatic heterocycles. The van der Waals surface area contributed by atoms with E-state index in [1.165, 1.54) is 0 Å². The first-order valence-electron chi connectivity index (χ1n) is 10.2. The summed E-state index contributed by atoms with van der Waals surface area (Å²) >= 11 is 0. The molecule has 0 saturated heterocycles. The van der Waals surface area contributed by atoms with Gasteiger partial charge in [0.25, 0.3) is 5.91 Å². The van der Waals surface area contributed by atoms with Crippen molar-refractivity contribution in [1.29, 1.82) is 0 Å². The van der Waals surface area contributed by atoms with Gasteiger partial charge in [0.1, 0.15) is 5.75 Å². The van der Waals surface area contributed by atoms with Crippen LogP contribution in [0.2, 0.25) is 0 Å². The average Bonchev–Trinajstić information content (AvgIpc) is 3.35. The van der Waals surface area contributed by atoms with Gasteiger partial charge in [0.2, 0.25) is 0 Å². The van der Waals surface area contributed by atoms with E-state index >= 15 is 0 Å². The number of amides is 1. The van der Waals surface area contributed by atoms with Crippen molar-refractivity contribution in [3.63, 3.8) is 0 Å². The van der Waals surface area contributed by atoms with Gasteiger partial charge in [-0.3, -0.25) is 4.79 Å². The molecule has 5 nitrogen and oxygen atoms in total. The molecule has 0 aliphatic rings. The van der Waals surface area contributed by atoms with E-state index in [0.29, 0.717) is 11.4 Å². The Balaban J connectivity index is 1.66. The summed E-state index contributed by atoms with van der Waals surface area (Å²) in [5.74, 6) is 1.36. The van der Waals surface area contributed by atoms with E-state index in [-0.39, 0.29) is 11.9 Å². The lowest BCUT2D eigenvalue weighted by Gasteiger charge is -2.22. The zero-order chi connectivity index (χ0) is 21.5. The Kier molecular flexibility index (Phi) is 6.45. The molecule has 4 rings (SSSR count). The van der Waals surface area contributed by atoms with E-state index in [0.717, 1.165) is 16.9 Å². The first-order chi connectivity index (χ1) is 15.2. The summed E-state index contributed by atoms with van der Waals surface area (Å²) in [6.45, 7) is 0. The number of methoxy groups -OCH3 is 1. The fourth-order valence-electron chi connectivity index (χ4n) is 3.62. The number of carbonyl (C=O) groups excluding carboxylic acids is 1. The van der Waals surface area contributed by atoms with Crippen molar-refractivity contribution < 1.29 is 19.3 Å². The summed E-state index contributed by atoms with van der Waals surface area (Å²) in [6.07, 6.45) is 1.66. The molecule has 156 valence electrons. The maximum Gasteiger partial charge on any atom is 0.287 e. The van der Waals surface area contributed by atoms with Crippen molar-refractivity contribution in [2.24, 2.45) is 0 Å². The molecular formula is C26H25N2O3+. The highest BCUT2D eigenvalue weighted by atomic mass is 16.5. The van der Waals surface area contributed by atoms with Crippen LogP contribution in [0, 0.1) is 0 Å². The van der Waals surface area contributed by atoms with Gasteiger partial charge in [-0.25, -0.2) is 0 Å². The molecule has 0 saturated carbocycles. The maximum atomic E-state index is 13.4. The first kappa shape index (κ1) is 20.4. The molecule has 0 radical (unpaired) electrons. The minimum Gasteiger partial charge on any atom is -0.497 e. The molecule has 31 heavy (non-hydrogen) atoms. The van der Waals surface area contributed by atoms with Crippen molar-refractivity contribution >= 4 is 11.6 Å². The van der Waals surface area contributed by atoms with Crippen molar-refractivity contribution in [2.75, 3.05) is 12.4 Å². The SMILES string of the molecule is COc1cccc(NC(=O)[C@H]([NH2+][C@H](c2ccccc2)c2ccco2)c2ccccc2)c1. The Morgan fingerprint density at radius 1 is 0.871 bits per heavy atom. The third kappa shape index (κ3) is 5.02. The van der Waals surface area contributed by atoms with Gasteiger partial charge in [0.15, 0.2) is 17.8 Å². The van der Waals surface area contributed by atoms with Crippen LogP contribution in [-0.4, -0.2) is 13.0 Å². The Bertz CT molecular complexity index is 1100. The first-order valence-corrected chi connectivity index (χ1v) is 10.2. The second kappa shape index (κ2) is 9.78. The van der Waals surface area contributed by atoms with Gasteiger partial charge in [-0.2, -0.15) is 0 Å². The highest BCUT2D eigenvalue weighted by Gasteiger charge is 2.31. The van der Waals surface area contributed by atoms with E-state index in [9.17, 15) is 4.79 Å². The Morgan fingerprint density at radius 2 is 1.58 bits per heavy atom. The fourth-order valence-corrected chi connectivity index (χ4v) is 3.62. The lowest BCUT2D eigenvalue weighted by molar-refractivity contribution is -0.715. The summed E-state index contributed by atoms with van der Waals surface area (Å²) in [4.78, 5) is 13.4. The molecule has 0 aliphatic heterocycles. The summed E-state index contributed by atoms with van der Waals surface area (Å²) in [6, 6.07) is 30.3. The minimum atomic E-state index is -0.484. The van der Waals surface area contributed by atoms with Gasteiger partial charge in [0.05, 0.1) is 13.4 Å². The molecule has 0 aliphatic carbocycles. The second-order valence-electron chi connectivity index (χ2n) is 7.21. The van der Waals surface area contributed by atoms with Crippen LogP contribution in [0.15, 0.2) is 108 Å². The van der Waals surface area contributed by atoms with Crippen molar-refractivity contribution in [3.8, 4) is 5.75 Å². The van der Waals surface area contributed by atoms with Gasteiger partial charge in [-0.1, -0.05) is 66.7 Å². The number of hydrogen-bond acceptors (Lipinski definition) is 3. The van der Waals surface area contributed by atoms with Gasteiger partial charge in [-0.15, -0.1) is 0 Å². The zero-order valence-electron chi connectivity index (χ0n) is 17.3. The highest BCUT2D eigenvalue weighted by molar-refractivity contribution is 5.94. The normalized spacial score (nSPS) is 12.7. The molecule has 4 aromatic rings. The van der Waals surface area contributed by atoms with E-state index in [4.69, 9.17) is 9.15 Å². The number of nitrogens with two attached hydrogens (primary N) is 1. The average molecular weight is 413 g/mol. The molecule has 1 amide bonds. The van der Waals surface area contributed by atoms with Crippen molar-refractivity contribution in [3.05, 3.63) is 120 Å². The third-order valence-corrected chi connectivity index (χ3v) is 5.17. The number of benzene rings is 3. The van der Waals surface area contributed by atoms with E-state index in [2.05, 4.69) is 5.32 Å². The van der Waals surface area contributed by atoms with Crippen LogP contribution in [0.1, 0.15) is 29.0 Å². The van der Waals surface area contributed by atoms with Crippen LogP contribution in [0.3, 0.4) is 0 Å². The molecule has 3 N–H and O–H groups in total. The van der Waals surface area contributed by atoms with Gasteiger partial charge in [0, 0.05) is 22.9 Å². The highest BCUT2D eigenvalue weighted by Crippen LogP contribution is 2.22. The molecule has 0 spiro atoms. The predicted octanol–water partition coefficient (Wildman–Crippen LogP) is 4.32. The number of quaternary nitrogens is 1. The van der Waals surface area contributed by atoms with Crippen LogP contribution in [-0.2, 0) is 4.79 Å². The quantitative estimate of drug-likeness (QED) is 0.452. The van der Waals surface area contributed by atoms with Crippen LogP contribution in [0.4, 0.5) is 5.69 Å². The monoisotopic (exact) mass is 413 g/mol. The molecule has 3 aromatic carbocycles. The predicted molar refractivity (Wildman–Crippen MR) is 120 cm³/mol. The maximum absolute atomic E-state index is 13.4. The van der Waals surface area contributed by atoms with E-state index < -0.39 is 6.04 Å². The third-order valence-electron chi connectivity index (χ3n) is 5.17. The molecule has 2 atom stereocenters. The van der Waals surface area contributed by atoms with Crippen molar-refractivity contribution in [2.45, 2.75) is 12.1 Å². The number of ether oxygens (including phenoxy) is 1. The van der Waals surface area contributed by atoms with E-state index in [1.807, 2.05) is 96.3 Å². The molecule has 0 fully saturated rings. The number of rotatable bonds is 8. The zero-order valence-corrected chi connectivity index (χ0v) is 17.3. The van der Waals surface area contributed by atoms with Crippen LogP contribution < -0.4 is 15.4 Å². The Hall–Kier alpha value is -3.83. The van der Waals surface area contributed by atoms with Gasteiger partial charge < -0.3 is 19.8 Å². The van der Waals surface area contributed by atoms with E-state index in [1.54, 1.807) is 19.4 Å². The standard InChI is InChI=1S/C26H24N2O3/c1-30-22-15-8-14-21(18-22)27-26(29)25(20-12-6-3-7-13-20)28-24(23-16-9-17-31-23)19-10-4-2-5-11-19/h2-18,24-25,28H,1H3,(H,27,29)/p+1/t24-,25-/m1/s1. The number of anilines is 1. The topological polar surface area (TPSA) is 68.1 Å². The molecule has 1 heterocycles. The lowest BCUT2D eigenvalue weighted by Crippen LogP contribution is -2.88. The van der Waals surface area contributed by atoms with Crippen LogP contribution in [0.25, 0.3) is 0 Å². The van der Waals surface area contributed by atoms with Crippen LogP contribution >= 0.6 is 0 Å². The van der Waals surface area contributed by atoms with Crippen molar-refractivity contribution in [1.82, 2.24) is 0 Å². The van der Waals surface area contributed by atoms with Crippen LogP contribution in [0.5, 0.6) is 5.75 Å². The number of hydrogen-bond donors (Lipinski definition) is 2. The summed E-state index contributed by atoms with van der Waals surface area (Å²) < 4.78 is 11.0. The Morgan fingerprint density at radius 3 is 2.23 bits per heavy atom. The minimum absolute atomic E-state index is 0.119. The fraction of sp³-hybridized carbons (Fsp3) is 0.115.